The summed E-state index contributed by atoms with van der Waals surface area (Å²) in [5.41, 5.74) is 3.87. The van der Waals surface area contributed by atoms with E-state index in [1.165, 1.54) is 27.6 Å². The van der Waals surface area contributed by atoms with Gasteiger partial charge in [0.1, 0.15) is 0 Å². The fourth-order valence-electron chi connectivity index (χ4n) is 4.54. The van der Waals surface area contributed by atoms with E-state index < -0.39 is 0 Å². The Bertz CT molecular complexity index is 1180. The van der Waals surface area contributed by atoms with Crippen molar-refractivity contribution < 1.29 is 0 Å². The molecule has 0 heterocycles. The first-order valence-electron chi connectivity index (χ1n) is 11.8. The summed E-state index contributed by atoms with van der Waals surface area (Å²) in [5, 5.41) is 3.35. The van der Waals surface area contributed by atoms with Gasteiger partial charge in [-0.15, -0.1) is 0 Å². The molecule has 0 aliphatic heterocycles. The zero-order valence-corrected chi connectivity index (χ0v) is 20.2. The van der Waals surface area contributed by atoms with E-state index in [2.05, 4.69) is 116 Å². The Morgan fingerprint density at radius 3 is 2.27 bits per heavy atom. The molecule has 0 saturated heterocycles. The van der Waals surface area contributed by atoms with Crippen LogP contribution in [-0.2, 0) is 0 Å². The third-order valence-corrected chi connectivity index (χ3v) is 6.88. The molecule has 0 amide bonds. The third-order valence-electron chi connectivity index (χ3n) is 6.63. The molecular formula is C31H32ClN. The minimum Gasteiger partial charge on any atom is -0.371 e. The van der Waals surface area contributed by atoms with E-state index in [-0.39, 0.29) is 0 Å². The second-order valence-corrected chi connectivity index (χ2v) is 9.22. The number of rotatable bonds is 9. The number of likely N-dealkylation sites (N-methyl/N-ethyl adjacent to an activating group) is 1. The smallest absolute Gasteiger partial charge is 0.0406 e. The van der Waals surface area contributed by atoms with Gasteiger partial charge >= 0.3 is 0 Å². The lowest BCUT2D eigenvalue weighted by Gasteiger charge is -2.34. The number of hydrogen-bond donors (Lipinski definition) is 0. The number of allylic oxidation sites excluding steroid dienone is 1. The first-order valence-corrected chi connectivity index (χ1v) is 12.2. The summed E-state index contributed by atoms with van der Waals surface area (Å²) in [6.07, 6.45) is 7.87. The highest BCUT2D eigenvalue weighted by molar-refractivity contribution is 6.30. The molecule has 0 fully saturated rings. The summed E-state index contributed by atoms with van der Waals surface area (Å²) in [7, 11) is 2.22. The van der Waals surface area contributed by atoms with Gasteiger partial charge in [-0.3, -0.25) is 0 Å². The Morgan fingerprint density at radius 2 is 1.52 bits per heavy atom. The lowest BCUT2D eigenvalue weighted by Crippen LogP contribution is -2.34. The van der Waals surface area contributed by atoms with E-state index in [1.54, 1.807) is 0 Å². The topological polar surface area (TPSA) is 3.24 Å². The van der Waals surface area contributed by atoms with Crippen LogP contribution >= 0.6 is 11.6 Å². The Kier molecular flexibility index (Phi) is 7.86. The molecule has 168 valence electrons. The summed E-state index contributed by atoms with van der Waals surface area (Å²) in [6.45, 7) is 2.34. The van der Waals surface area contributed by atoms with Crippen molar-refractivity contribution in [2.45, 2.75) is 38.1 Å². The van der Waals surface area contributed by atoms with Gasteiger partial charge in [0.05, 0.1) is 0 Å². The van der Waals surface area contributed by atoms with Crippen molar-refractivity contribution in [3.05, 3.63) is 119 Å². The van der Waals surface area contributed by atoms with Crippen molar-refractivity contribution in [2.24, 2.45) is 0 Å². The highest BCUT2D eigenvalue weighted by atomic mass is 35.5. The van der Waals surface area contributed by atoms with Crippen molar-refractivity contribution in [1.29, 1.82) is 0 Å². The van der Waals surface area contributed by atoms with Gasteiger partial charge in [-0.25, -0.2) is 0 Å². The lowest BCUT2D eigenvalue weighted by molar-refractivity contribution is 0.497. The Morgan fingerprint density at radius 1 is 0.818 bits per heavy atom. The van der Waals surface area contributed by atoms with E-state index in [0.29, 0.717) is 12.0 Å². The first kappa shape index (κ1) is 23.1. The van der Waals surface area contributed by atoms with Crippen molar-refractivity contribution in [3.63, 3.8) is 0 Å². The lowest BCUT2D eigenvalue weighted by atomic mass is 9.86. The summed E-state index contributed by atoms with van der Waals surface area (Å²) < 4.78 is 0. The molecule has 0 spiro atoms. The predicted octanol–water partition coefficient (Wildman–Crippen LogP) is 8.99. The second-order valence-electron chi connectivity index (χ2n) is 8.78. The van der Waals surface area contributed by atoms with Crippen LogP contribution < -0.4 is 4.90 Å². The van der Waals surface area contributed by atoms with Crippen molar-refractivity contribution >= 4 is 34.1 Å². The molecule has 4 aromatic carbocycles. The van der Waals surface area contributed by atoms with Gasteiger partial charge in [0.25, 0.3) is 0 Å². The van der Waals surface area contributed by atoms with Gasteiger partial charge in [0.15, 0.2) is 0 Å². The normalized spacial score (nSPS) is 13.3. The van der Waals surface area contributed by atoms with Crippen LogP contribution in [0.25, 0.3) is 16.8 Å². The van der Waals surface area contributed by atoms with Crippen LogP contribution in [0.4, 0.5) is 5.69 Å². The number of nitrogens with zero attached hydrogens (tertiary/aromatic N) is 1. The molecule has 0 aliphatic rings. The van der Waals surface area contributed by atoms with Crippen LogP contribution in [0.5, 0.6) is 0 Å². The number of fused-ring (bicyclic) bond motifs is 1. The molecule has 0 aromatic heterocycles. The Labute approximate surface area is 203 Å². The minimum atomic E-state index is 0.352. The number of hydrogen-bond acceptors (Lipinski definition) is 1. The standard InChI is InChI=1S/C31H32ClN/c1-24(33(2)30-22-19-26-14-9-10-15-28(26)23-30)31(27-17-20-29(32)21-18-27)16-8-4-7-13-25-11-5-3-6-12-25/h3,5-7,9-15,17-24,31H,4,8,16H2,1-2H3/b13-7+. The quantitative estimate of drug-likeness (QED) is 0.228. The van der Waals surface area contributed by atoms with Gasteiger partial charge in [-0.05, 0) is 72.4 Å². The molecule has 1 nitrogen and oxygen atoms in total. The molecule has 4 rings (SSSR count). The summed E-state index contributed by atoms with van der Waals surface area (Å²) in [6, 6.07) is 34.6. The van der Waals surface area contributed by atoms with E-state index >= 15 is 0 Å². The van der Waals surface area contributed by atoms with Crippen LogP contribution in [0, 0.1) is 0 Å². The zero-order valence-electron chi connectivity index (χ0n) is 19.5. The van der Waals surface area contributed by atoms with Gasteiger partial charge < -0.3 is 4.90 Å². The molecule has 33 heavy (non-hydrogen) atoms. The van der Waals surface area contributed by atoms with Crippen molar-refractivity contribution in [2.75, 3.05) is 11.9 Å². The highest BCUT2D eigenvalue weighted by Gasteiger charge is 2.23. The van der Waals surface area contributed by atoms with E-state index in [0.717, 1.165) is 24.3 Å². The monoisotopic (exact) mass is 453 g/mol. The van der Waals surface area contributed by atoms with Gasteiger partial charge in [0, 0.05) is 29.7 Å². The molecule has 2 atom stereocenters. The number of benzene rings is 4. The van der Waals surface area contributed by atoms with Crippen LogP contribution in [0.3, 0.4) is 0 Å². The van der Waals surface area contributed by atoms with Crippen LogP contribution in [0.1, 0.15) is 43.2 Å². The SMILES string of the molecule is CC(C(CCC/C=C/c1ccccc1)c1ccc(Cl)cc1)N(C)c1ccc2ccccc2c1. The molecule has 0 aliphatic carbocycles. The van der Waals surface area contributed by atoms with Crippen LogP contribution in [-0.4, -0.2) is 13.1 Å². The molecule has 0 bridgehead atoms. The molecular weight excluding hydrogens is 422 g/mol. The van der Waals surface area contributed by atoms with E-state index in [4.69, 9.17) is 11.6 Å². The van der Waals surface area contributed by atoms with Crippen LogP contribution in [0.15, 0.2) is 103 Å². The van der Waals surface area contributed by atoms with E-state index in [1.807, 2.05) is 12.1 Å². The minimum absolute atomic E-state index is 0.352. The average molecular weight is 454 g/mol. The van der Waals surface area contributed by atoms with Crippen molar-refractivity contribution in [1.82, 2.24) is 0 Å². The van der Waals surface area contributed by atoms with E-state index in [9.17, 15) is 0 Å². The number of anilines is 1. The number of halogens is 1. The summed E-state index contributed by atoms with van der Waals surface area (Å²) in [4.78, 5) is 2.42. The van der Waals surface area contributed by atoms with Crippen molar-refractivity contribution in [3.8, 4) is 0 Å². The third kappa shape index (κ3) is 6.06. The fraction of sp³-hybridized carbons (Fsp3) is 0.226. The molecule has 0 saturated carbocycles. The largest absolute Gasteiger partial charge is 0.371 e. The molecule has 2 unspecified atom stereocenters. The Hall–Kier alpha value is -3.03. The predicted molar refractivity (Wildman–Crippen MR) is 145 cm³/mol. The van der Waals surface area contributed by atoms with Crippen LogP contribution in [0.2, 0.25) is 5.02 Å². The zero-order chi connectivity index (χ0) is 23.0. The average Bonchev–Trinajstić information content (AvgIpc) is 2.86. The van der Waals surface area contributed by atoms with Gasteiger partial charge in [0.2, 0.25) is 0 Å². The maximum atomic E-state index is 6.19. The highest BCUT2D eigenvalue weighted by Crippen LogP contribution is 2.32. The maximum absolute atomic E-state index is 6.19. The Balaban J connectivity index is 1.49. The first-order chi connectivity index (χ1) is 16.1. The maximum Gasteiger partial charge on any atom is 0.0406 e. The fourth-order valence-corrected chi connectivity index (χ4v) is 4.66. The van der Waals surface area contributed by atoms with Gasteiger partial charge in [-0.2, -0.15) is 0 Å². The molecule has 4 aromatic rings. The second kappa shape index (κ2) is 11.2. The molecule has 0 N–H and O–H groups in total. The van der Waals surface area contributed by atoms with Gasteiger partial charge in [-0.1, -0.05) is 96.5 Å². The summed E-state index contributed by atoms with van der Waals surface area (Å²) in [5.74, 6) is 0.420. The summed E-state index contributed by atoms with van der Waals surface area (Å²) >= 11 is 6.19. The molecule has 2 heteroatoms. The number of unbranched alkanes of at least 4 members (excludes halogenated alkanes) is 1. The molecule has 0 radical (unpaired) electrons.